The quantitative estimate of drug-likeness (QED) is 0.754. The minimum Gasteiger partial charge on any atom is -0.497 e. The lowest BCUT2D eigenvalue weighted by molar-refractivity contribution is -0.140. The van der Waals surface area contributed by atoms with Gasteiger partial charge in [0.2, 0.25) is 0 Å². The lowest BCUT2D eigenvalue weighted by Gasteiger charge is -2.44. The Kier molecular flexibility index (Phi) is 6.01. The van der Waals surface area contributed by atoms with Crippen LogP contribution in [0.25, 0.3) is 0 Å². The fourth-order valence-corrected chi connectivity index (χ4v) is 4.19. The van der Waals surface area contributed by atoms with Gasteiger partial charge in [0.15, 0.2) is 6.61 Å². The van der Waals surface area contributed by atoms with Crippen LogP contribution in [0.2, 0.25) is 0 Å². The van der Waals surface area contributed by atoms with Crippen LogP contribution in [0.5, 0.6) is 11.5 Å². The lowest BCUT2D eigenvalue weighted by atomic mass is 9.78. The zero-order valence-electron chi connectivity index (χ0n) is 15.5. The molecule has 1 heterocycles. The molecule has 2 atom stereocenters. The summed E-state index contributed by atoms with van der Waals surface area (Å²) in [5.74, 6) is 0.912. The summed E-state index contributed by atoms with van der Waals surface area (Å²) in [4.78, 5) is 27.0. The number of likely N-dealkylation sites (tertiary alicyclic amines) is 1. The van der Waals surface area contributed by atoms with Crippen LogP contribution in [-0.2, 0) is 9.53 Å². The van der Waals surface area contributed by atoms with Crippen molar-refractivity contribution in [3.8, 4) is 11.5 Å². The van der Waals surface area contributed by atoms with E-state index in [-0.39, 0.29) is 18.1 Å². The summed E-state index contributed by atoms with van der Waals surface area (Å²) in [5.41, 5.74) is 0.287. The van der Waals surface area contributed by atoms with Crippen molar-refractivity contribution < 1.29 is 23.8 Å². The molecule has 1 saturated heterocycles. The van der Waals surface area contributed by atoms with Gasteiger partial charge in [0.1, 0.15) is 17.1 Å². The summed E-state index contributed by atoms with van der Waals surface area (Å²) < 4.78 is 15.6. The predicted octanol–water partition coefficient (Wildman–Crippen LogP) is 3.04. The molecule has 0 radical (unpaired) electrons. The number of fused-ring (bicyclic) bond motifs is 1. The van der Waals surface area contributed by atoms with E-state index in [9.17, 15) is 9.59 Å². The maximum absolute atomic E-state index is 12.6. The van der Waals surface area contributed by atoms with Crippen LogP contribution in [0.15, 0.2) is 18.2 Å². The second-order valence-corrected chi connectivity index (χ2v) is 6.98. The van der Waals surface area contributed by atoms with E-state index in [0.717, 1.165) is 19.4 Å². The largest absolute Gasteiger partial charge is 0.497 e. The van der Waals surface area contributed by atoms with Gasteiger partial charge in [-0.2, -0.15) is 0 Å². The normalized spacial score (nSPS) is 22.3. The number of hydrogen-bond donors (Lipinski definition) is 0. The van der Waals surface area contributed by atoms with Gasteiger partial charge >= 0.3 is 5.97 Å². The zero-order valence-corrected chi connectivity index (χ0v) is 15.5. The van der Waals surface area contributed by atoms with Gasteiger partial charge in [0, 0.05) is 18.7 Å². The molecule has 142 valence electrons. The highest BCUT2D eigenvalue weighted by Crippen LogP contribution is 2.35. The Morgan fingerprint density at radius 1 is 1.08 bits per heavy atom. The van der Waals surface area contributed by atoms with Crippen LogP contribution in [-0.4, -0.2) is 50.2 Å². The van der Waals surface area contributed by atoms with Crippen molar-refractivity contribution in [3.05, 3.63) is 23.8 Å². The summed E-state index contributed by atoms with van der Waals surface area (Å²) in [7, 11) is 3.02. The molecule has 26 heavy (non-hydrogen) atoms. The monoisotopic (exact) mass is 361 g/mol. The molecule has 0 spiro atoms. The van der Waals surface area contributed by atoms with Crippen LogP contribution < -0.4 is 9.47 Å². The average Bonchev–Trinajstić information content (AvgIpc) is 2.70. The number of carbonyl (C=O) groups excluding carboxylic acids is 2. The Labute approximate surface area is 154 Å². The number of nitrogens with zero attached hydrogens (tertiary/aromatic N) is 1. The molecule has 6 nitrogen and oxygen atoms in total. The maximum atomic E-state index is 12.6. The van der Waals surface area contributed by atoms with Crippen LogP contribution in [0.3, 0.4) is 0 Å². The number of carbonyl (C=O) groups is 2. The molecule has 0 aromatic heterocycles. The maximum Gasteiger partial charge on any atom is 0.342 e. The average molecular weight is 361 g/mol. The minimum absolute atomic E-state index is 0.0950. The van der Waals surface area contributed by atoms with Crippen LogP contribution in [0, 0.1) is 5.92 Å². The summed E-state index contributed by atoms with van der Waals surface area (Å²) in [6.07, 6.45) is 6.95. The topological polar surface area (TPSA) is 65.1 Å². The van der Waals surface area contributed by atoms with Gasteiger partial charge in [0.25, 0.3) is 5.91 Å². The molecule has 0 unspecified atom stereocenters. The zero-order chi connectivity index (χ0) is 18.5. The molecular formula is C20H27NO5. The van der Waals surface area contributed by atoms with Crippen LogP contribution in [0.1, 0.15) is 48.9 Å². The van der Waals surface area contributed by atoms with E-state index in [1.165, 1.54) is 32.8 Å². The number of hydrogen-bond acceptors (Lipinski definition) is 5. The van der Waals surface area contributed by atoms with E-state index in [2.05, 4.69) is 0 Å². The fourth-order valence-electron chi connectivity index (χ4n) is 4.19. The molecule has 0 bridgehead atoms. The highest BCUT2D eigenvalue weighted by molar-refractivity contribution is 5.94. The van der Waals surface area contributed by atoms with E-state index in [1.807, 2.05) is 4.90 Å². The first-order chi connectivity index (χ1) is 12.6. The Hall–Kier alpha value is -2.24. The van der Waals surface area contributed by atoms with E-state index in [1.54, 1.807) is 25.3 Å². The van der Waals surface area contributed by atoms with Crippen molar-refractivity contribution in [2.24, 2.45) is 5.92 Å². The number of rotatable bonds is 5. The number of piperidine rings is 1. The molecular weight excluding hydrogens is 334 g/mol. The second kappa shape index (κ2) is 8.43. The van der Waals surface area contributed by atoms with E-state index in [0.29, 0.717) is 23.5 Å². The molecule has 1 saturated carbocycles. The first kappa shape index (κ1) is 18.5. The van der Waals surface area contributed by atoms with Crippen molar-refractivity contribution in [2.45, 2.75) is 44.6 Å². The van der Waals surface area contributed by atoms with E-state index < -0.39 is 5.97 Å². The van der Waals surface area contributed by atoms with Crippen molar-refractivity contribution in [1.29, 1.82) is 0 Å². The Morgan fingerprint density at radius 2 is 1.85 bits per heavy atom. The van der Waals surface area contributed by atoms with Gasteiger partial charge in [-0.25, -0.2) is 4.79 Å². The number of esters is 1. The molecule has 1 aliphatic carbocycles. The molecule has 6 heteroatoms. The van der Waals surface area contributed by atoms with Gasteiger partial charge in [-0.3, -0.25) is 4.79 Å². The number of ether oxygens (including phenoxy) is 3. The third-order valence-electron chi connectivity index (χ3n) is 5.52. The first-order valence-corrected chi connectivity index (χ1v) is 9.32. The van der Waals surface area contributed by atoms with Gasteiger partial charge in [0.05, 0.1) is 14.2 Å². The van der Waals surface area contributed by atoms with Gasteiger partial charge in [-0.15, -0.1) is 0 Å². The predicted molar refractivity (Wildman–Crippen MR) is 96.5 cm³/mol. The summed E-state index contributed by atoms with van der Waals surface area (Å²) in [5, 5.41) is 0. The number of methoxy groups -OCH3 is 2. The standard InChI is InChI=1S/C20H27NO5/c1-24-15-9-10-16(18(12-15)25-2)20(23)26-13-19(22)21-11-5-7-14-6-3-4-8-17(14)21/h9-10,12,14,17H,3-8,11,13H2,1-2H3/t14-,17+/m1/s1. The number of benzene rings is 1. The van der Waals surface area contributed by atoms with Gasteiger partial charge in [-0.05, 0) is 43.7 Å². The fraction of sp³-hybridized carbons (Fsp3) is 0.600. The van der Waals surface area contributed by atoms with Crippen LogP contribution in [0.4, 0.5) is 0 Å². The Morgan fingerprint density at radius 3 is 2.62 bits per heavy atom. The molecule has 1 amide bonds. The highest BCUT2D eigenvalue weighted by atomic mass is 16.5. The molecule has 3 rings (SSSR count). The van der Waals surface area contributed by atoms with Crippen molar-refractivity contribution in [3.63, 3.8) is 0 Å². The smallest absolute Gasteiger partial charge is 0.342 e. The lowest BCUT2D eigenvalue weighted by Crippen LogP contribution is -2.50. The van der Waals surface area contributed by atoms with Crippen molar-refractivity contribution in [1.82, 2.24) is 4.90 Å². The molecule has 0 N–H and O–H groups in total. The first-order valence-electron chi connectivity index (χ1n) is 9.32. The van der Waals surface area contributed by atoms with Gasteiger partial charge < -0.3 is 19.1 Å². The minimum atomic E-state index is -0.560. The van der Waals surface area contributed by atoms with Crippen molar-refractivity contribution >= 4 is 11.9 Å². The summed E-state index contributed by atoms with van der Waals surface area (Å²) >= 11 is 0. The highest BCUT2D eigenvalue weighted by Gasteiger charge is 2.35. The molecule has 2 aliphatic rings. The third-order valence-corrected chi connectivity index (χ3v) is 5.52. The van der Waals surface area contributed by atoms with Gasteiger partial charge in [-0.1, -0.05) is 12.8 Å². The summed E-state index contributed by atoms with van der Waals surface area (Å²) in [6.45, 7) is 0.542. The molecule has 2 fully saturated rings. The number of amides is 1. The second-order valence-electron chi connectivity index (χ2n) is 6.98. The summed E-state index contributed by atoms with van der Waals surface area (Å²) in [6, 6.07) is 5.19. The van der Waals surface area contributed by atoms with Crippen molar-refractivity contribution in [2.75, 3.05) is 27.4 Å². The van der Waals surface area contributed by atoms with Crippen LogP contribution >= 0.6 is 0 Å². The van der Waals surface area contributed by atoms with E-state index in [4.69, 9.17) is 14.2 Å². The molecule has 1 aromatic carbocycles. The SMILES string of the molecule is COc1ccc(C(=O)OCC(=O)N2CCC[C@H]3CCCC[C@@H]32)c(OC)c1. The third kappa shape index (κ3) is 3.94. The molecule has 1 aromatic rings. The molecule has 1 aliphatic heterocycles. The Balaban J connectivity index is 1.61. The van der Waals surface area contributed by atoms with E-state index >= 15 is 0 Å². The Bertz CT molecular complexity index is 658.